The van der Waals surface area contributed by atoms with E-state index in [1.54, 1.807) is 43.3 Å². The van der Waals surface area contributed by atoms with Crippen LogP contribution in [0, 0.1) is 5.92 Å². The third-order valence-electron chi connectivity index (χ3n) is 3.22. The summed E-state index contributed by atoms with van der Waals surface area (Å²) in [6, 6.07) is 7.11. The third-order valence-corrected chi connectivity index (χ3v) is 4.87. The van der Waals surface area contributed by atoms with Gasteiger partial charge < -0.3 is 9.64 Å². The average molecular weight is 369 g/mol. The van der Waals surface area contributed by atoms with Gasteiger partial charge in [-0.05, 0) is 30.2 Å². The molecule has 1 heterocycles. The van der Waals surface area contributed by atoms with Crippen LogP contribution in [0.25, 0.3) is 0 Å². The van der Waals surface area contributed by atoms with E-state index in [1.807, 2.05) is 13.8 Å². The number of aromatic nitrogens is 3. The molecule has 24 heavy (non-hydrogen) atoms. The summed E-state index contributed by atoms with van der Waals surface area (Å²) >= 11 is 7.20. The lowest BCUT2D eigenvalue weighted by Gasteiger charge is -2.21. The molecule has 130 valence electrons. The van der Waals surface area contributed by atoms with Crippen LogP contribution in [0.5, 0.6) is 5.75 Å². The summed E-state index contributed by atoms with van der Waals surface area (Å²) in [5.41, 5.74) is 0. The van der Waals surface area contributed by atoms with Crippen molar-refractivity contribution in [1.29, 1.82) is 0 Å². The van der Waals surface area contributed by atoms with E-state index >= 15 is 0 Å². The van der Waals surface area contributed by atoms with Crippen LogP contribution < -0.4 is 4.74 Å². The Bertz CT molecular complexity index is 673. The number of thioether (sulfide) groups is 1. The monoisotopic (exact) mass is 368 g/mol. The van der Waals surface area contributed by atoms with E-state index in [1.165, 1.54) is 11.8 Å². The Kier molecular flexibility index (Phi) is 6.51. The molecular weight excluding hydrogens is 348 g/mol. The normalized spacial score (nSPS) is 12.2. The van der Waals surface area contributed by atoms with Crippen LogP contribution in [-0.2, 0) is 11.4 Å². The summed E-state index contributed by atoms with van der Waals surface area (Å²) in [5, 5.41) is 7.98. The molecule has 2 rings (SSSR count). The highest BCUT2D eigenvalue weighted by Gasteiger charge is 2.26. The molecule has 0 spiro atoms. The summed E-state index contributed by atoms with van der Waals surface area (Å²) in [7, 11) is 3.50. The van der Waals surface area contributed by atoms with Crippen molar-refractivity contribution in [1.82, 2.24) is 20.1 Å². The van der Waals surface area contributed by atoms with Gasteiger partial charge in [-0.2, -0.15) is 0 Å². The first kappa shape index (κ1) is 18.6. The maximum Gasteiger partial charge on any atom is 0.235 e. The number of carbonyl (C=O) groups is 1. The minimum absolute atomic E-state index is 0.0544. The second-order valence-electron chi connectivity index (χ2n) is 5.82. The van der Waals surface area contributed by atoms with Gasteiger partial charge in [0.05, 0.1) is 5.25 Å². The molecule has 0 aliphatic carbocycles. The highest BCUT2D eigenvalue weighted by molar-refractivity contribution is 8.00. The molecule has 0 fully saturated rings. The van der Waals surface area contributed by atoms with Gasteiger partial charge in [0.1, 0.15) is 12.4 Å². The quantitative estimate of drug-likeness (QED) is 0.759. The van der Waals surface area contributed by atoms with Gasteiger partial charge in [-0.3, -0.25) is 9.89 Å². The summed E-state index contributed by atoms with van der Waals surface area (Å²) in [5.74, 6) is 1.54. The fraction of sp³-hybridized carbons (Fsp3) is 0.438. The number of amides is 1. The first-order chi connectivity index (χ1) is 11.4. The number of halogens is 1. The van der Waals surface area contributed by atoms with Crippen molar-refractivity contribution >= 4 is 29.3 Å². The molecule has 6 nitrogen and oxygen atoms in total. The minimum atomic E-state index is -0.221. The van der Waals surface area contributed by atoms with Crippen molar-refractivity contribution in [3.63, 3.8) is 0 Å². The van der Waals surface area contributed by atoms with Crippen molar-refractivity contribution in [2.24, 2.45) is 5.92 Å². The molecule has 0 saturated carbocycles. The number of hydrogen-bond donors (Lipinski definition) is 1. The van der Waals surface area contributed by atoms with Gasteiger partial charge in [0.2, 0.25) is 11.1 Å². The van der Waals surface area contributed by atoms with E-state index in [2.05, 4.69) is 15.2 Å². The smallest absolute Gasteiger partial charge is 0.235 e. The van der Waals surface area contributed by atoms with E-state index in [0.717, 1.165) is 0 Å². The number of carbonyl (C=O) groups excluding carboxylic acids is 1. The van der Waals surface area contributed by atoms with Gasteiger partial charge in [-0.15, -0.1) is 5.10 Å². The largest absolute Gasteiger partial charge is 0.486 e. The standard InChI is InChI=1S/C16H21ClN4O2S/c1-10(2)14(15(22)21(3)4)24-16-18-13(19-20-16)9-23-12-7-5-11(17)6-8-12/h5-8,10,14H,9H2,1-4H3,(H,18,19,20)/t14-/m1/s1. The summed E-state index contributed by atoms with van der Waals surface area (Å²) in [6.07, 6.45) is 0. The van der Waals surface area contributed by atoms with E-state index in [-0.39, 0.29) is 23.7 Å². The Hall–Kier alpha value is -1.73. The van der Waals surface area contributed by atoms with Crippen molar-refractivity contribution in [2.45, 2.75) is 30.9 Å². The molecule has 1 aromatic heterocycles. The maximum absolute atomic E-state index is 12.2. The summed E-state index contributed by atoms with van der Waals surface area (Å²) < 4.78 is 5.62. The molecule has 1 N–H and O–H groups in total. The van der Waals surface area contributed by atoms with Crippen molar-refractivity contribution in [2.75, 3.05) is 14.1 Å². The average Bonchev–Trinajstić information content (AvgIpc) is 2.98. The summed E-state index contributed by atoms with van der Waals surface area (Å²) in [6.45, 7) is 4.29. The Balaban J connectivity index is 1.96. The van der Waals surface area contributed by atoms with Gasteiger partial charge in [0, 0.05) is 19.1 Å². The zero-order chi connectivity index (χ0) is 17.7. The van der Waals surface area contributed by atoms with Crippen LogP contribution in [0.1, 0.15) is 19.7 Å². The summed E-state index contributed by atoms with van der Waals surface area (Å²) in [4.78, 5) is 18.2. The van der Waals surface area contributed by atoms with E-state index in [0.29, 0.717) is 21.8 Å². The number of aromatic amines is 1. The number of ether oxygens (including phenoxy) is 1. The van der Waals surface area contributed by atoms with Gasteiger partial charge in [0.25, 0.3) is 0 Å². The van der Waals surface area contributed by atoms with Crippen LogP contribution >= 0.6 is 23.4 Å². The van der Waals surface area contributed by atoms with Crippen molar-refractivity contribution in [3.05, 3.63) is 35.1 Å². The number of benzene rings is 1. The maximum atomic E-state index is 12.2. The highest BCUT2D eigenvalue weighted by Crippen LogP contribution is 2.27. The molecule has 1 amide bonds. The van der Waals surface area contributed by atoms with Crippen LogP contribution in [0.3, 0.4) is 0 Å². The zero-order valence-corrected chi connectivity index (χ0v) is 15.7. The second kappa shape index (κ2) is 8.39. The lowest BCUT2D eigenvalue weighted by molar-refractivity contribution is -0.128. The number of H-pyrrole nitrogens is 1. The molecule has 0 bridgehead atoms. The van der Waals surface area contributed by atoms with E-state index in [9.17, 15) is 4.79 Å². The molecule has 0 aliphatic rings. The first-order valence-electron chi connectivity index (χ1n) is 7.54. The van der Waals surface area contributed by atoms with Crippen molar-refractivity contribution < 1.29 is 9.53 Å². The molecule has 0 unspecified atom stereocenters. The lowest BCUT2D eigenvalue weighted by atomic mass is 10.1. The predicted octanol–water partition coefficient (Wildman–Crippen LogP) is 3.24. The second-order valence-corrected chi connectivity index (χ2v) is 7.37. The molecule has 1 atom stereocenters. The first-order valence-corrected chi connectivity index (χ1v) is 8.80. The van der Waals surface area contributed by atoms with Crippen LogP contribution in [0.2, 0.25) is 5.02 Å². The predicted molar refractivity (Wildman–Crippen MR) is 95.3 cm³/mol. The van der Waals surface area contributed by atoms with Crippen LogP contribution in [-0.4, -0.2) is 45.3 Å². The van der Waals surface area contributed by atoms with Crippen molar-refractivity contribution in [3.8, 4) is 5.75 Å². The lowest BCUT2D eigenvalue weighted by Crippen LogP contribution is -2.34. The molecule has 0 radical (unpaired) electrons. The number of nitrogens with one attached hydrogen (secondary N) is 1. The molecule has 1 aromatic carbocycles. The fourth-order valence-electron chi connectivity index (χ4n) is 1.92. The third kappa shape index (κ3) is 5.14. The molecule has 2 aromatic rings. The molecule has 8 heteroatoms. The molecule has 0 aliphatic heterocycles. The van der Waals surface area contributed by atoms with E-state index in [4.69, 9.17) is 16.3 Å². The fourth-order valence-corrected chi connectivity index (χ4v) is 3.12. The number of rotatable bonds is 7. The highest BCUT2D eigenvalue weighted by atomic mass is 35.5. The Morgan fingerprint density at radius 1 is 1.33 bits per heavy atom. The van der Waals surface area contributed by atoms with Gasteiger partial charge in [-0.1, -0.05) is 37.2 Å². The minimum Gasteiger partial charge on any atom is -0.486 e. The Morgan fingerprint density at radius 2 is 2.00 bits per heavy atom. The van der Waals surface area contributed by atoms with Gasteiger partial charge in [0.15, 0.2) is 5.82 Å². The number of nitrogens with zero attached hydrogens (tertiary/aromatic N) is 3. The topological polar surface area (TPSA) is 71.1 Å². The van der Waals surface area contributed by atoms with Gasteiger partial charge >= 0.3 is 0 Å². The SMILES string of the molecule is CC(C)[C@@H](Sc1n[nH]c(COc2ccc(Cl)cc2)n1)C(=O)N(C)C. The van der Waals surface area contributed by atoms with Crippen LogP contribution in [0.15, 0.2) is 29.4 Å². The van der Waals surface area contributed by atoms with Gasteiger partial charge in [-0.25, -0.2) is 4.98 Å². The van der Waals surface area contributed by atoms with Crippen LogP contribution in [0.4, 0.5) is 0 Å². The van der Waals surface area contributed by atoms with E-state index < -0.39 is 0 Å². The zero-order valence-electron chi connectivity index (χ0n) is 14.1. The number of hydrogen-bond acceptors (Lipinski definition) is 5. The molecule has 0 saturated heterocycles. The Labute approximate surface area is 150 Å². The molecular formula is C16H21ClN4O2S. The Morgan fingerprint density at radius 3 is 2.58 bits per heavy atom.